The first-order chi connectivity index (χ1) is 6.74. The van der Waals surface area contributed by atoms with Crippen molar-refractivity contribution in [1.82, 2.24) is 14.6 Å². The maximum atomic E-state index is 5.86. The summed E-state index contributed by atoms with van der Waals surface area (Å²) < 4.78 is 6.84. The maximum Gasteiger partial charge on any atom is 0.184 e. The molecule has 14 heavy (non-hydrogen) atoms. The van der Waals surface area contributed by atoms with Gasteiger partial charge in [0.15, 0.2) is 11.5 Å². The number of pyridine rings is 1. The molecule has 5 nitrogen and oxygen atoms in total. The number of ether oxygens (including phenoxy) is 1. The lowest BCUT2D eigenvalue weighted by Crippen LogP contribution is -1.99. The number of rotatable bonds is 2. The SMILES string of the molecule is COCc1nnc2c(N)c(C)ccn12. The Hall–Kier alpha value is -1.62. The lowest BCUT2D eigenvalue weighted by atomic mass is 10.2. The van der Waals surface area contributed by atoms with Gasteiger partial charge in [0.05, 0.1) is 5.69 Å². The Kier molecular flexibility index (Phi) is 2.09. The van der Waals surface area contributed by atoms with E-state index < -0.39 is 0 Å². The normalized spacial score (nSPS) is 11.0. The number of fused-ring (bicyclic) bond motifs is 1. The minimum absolute atomic E-state index is 0.434. The van der Waals surface area contributed by atoms with Crippen molar-refractivity contribution in [2.45, 2.75) is 13.5 Å². The van der Waals surface area contributed by atoms with Gasteiger partial charge in [0, 0.05) is 13.3 Å². The molecule has 0 saturated heterocycles. The molecule has 74 valence electrons. The molecule has 0 bridgehead atoms. The number of nitrogen functional groups attached to an aromatic ring is 1. The van der Waals surface area contributed by atoms with Crippen LogP contribution in [-0.4, -0.2) is 21.7 Å². The van der Waals surface area contributed by atoms with Crippen LogP contribution in [0.1, 0.15) is 11.4 Å². The number of anilines is 1. The summed E-state index contributed by atoms with van der Waals surface area (Å²) in [5, 5.41) is 8.00. The number of aryl methyl sites for hydroxylation is 1. The molecular weight excluding hydrogens is 180 g/mol. The molecule has 0 aromatic carbocycles. The third-order valence-electron chi connectivity index (χ3n) is 2.18. The van der Waals surface area contributed by atoms with Gasteiger partial charge in [-0.15, -0.1) is 10.2 Å². The number of hydrogen-bond acceptors (Lipinski definition) is 4. The van der Waals surface area contributed by atoms with E-state index in [1.807, 2.05) is 23.6 Å². The molecule has 0 fully saturated rings. The molecule has 2 N–H and O–H groups in total. The minimum atomic E-state index is 0.434. The summed E-state index contributed by atoms with van der Waals surface area (Å²) in [6.45, 7) is 2.38. The molecule has 0 aliphatic rings. The highest BCUT2D eigenvalue weighted by Gasteiger charge is 2.08. The van der Waals surface area contributed by atoms with E-state index in [1.165, 1.54) is 0 Å². The molecule has 2 heterocycles. The van der Waals surface area contributed by atoms with Crippen LogP contribution in [-0.2, 0) is 11.3 Å². The summed E-state index contributed by atoms with van der Waals surface area (Å²) >= 11 is 0. The van der Waals surface area contributed by atoms with Crippen molar-refractivity contribution in [2.75, 3.05) is 12.8 Å². The number of hydrogen-bond donors (Lipinski definition) is 1. The number of aromatic nitrogens is 3. The molecule has 0 radical (unpaired) electrons. The fourth-order valence-corrected chi connectivity index (χ4v) is 1.34. The van der Waals surface area contributed by atoms with E-state index in [4.69, 9.17) is 10.5 Å². The molecule has 2 aromatic heterocycles. The van der Waals surface area contributed by atoms with Crippen LogP contribution in [0.15, 0.2) is 12.3 Å². The Morgan fingerprint density at radius 1 is 1.50 bits per heavy atom. The predicted octanol–water partition coefficient (Wildman–Crippen LogP) is 0.766. The fourth-order valence-electron chi connectivity index (χ4n) is 1.34. The van der Waals surface area contributed by atoms with E-state index in [0.717, 1.165) is 11.4 Å². The topological polar surface area (TPSA) is 65.4 Å². The molecule has 0 spiro atoms. The molecular formula is C9H12N4O. The second-order valence-corrected chi connectivity index (χ2v) is 3.16. The Morgan fingerprint density at radius 2 is 2.29 bits per heavy atom. The summed E-state index contributed by atoms with van der Waals surface area (Å²) in [6.07, 6.45) is 1.90. The van der Waals surface area contributed by atoms with Crippen LogP contribution < -0.4 is 5.73 Å². The maximum absolute atomic E-state index is 5.86. The Labute approximate surface area is 81.5 Å². The highest BCUT2D eigenvalue weighted by atomic mass is 16.5. The van der Waals surface area contributed by atoms with E-state index in [9.17, 15) is 0 Å². The van der Waals surface area contributed by atoms with E-state index >= 15 is 0 Å². The molecule has 5 heteroatoms. The standard InChI is InChI=1S/C9H12N4O/c1-6-3-4-13-7(5-14-2)11-12-9(13)8(6)10/h3-4H,5,10H2,1-2H3. The zero-order valence-electron chi connectivity index (χ0n) is 8.19. The predicted molar refractivity (Wildman–Crippen MR) is 52.8 cm³/mol. The first kappa shape index (κ1) is 8.96. The van der Waals surface area contributed by atoms with E-state index in [0.29, 0.717) is 17.9 Å². The van der Waals surface area contributed by atoms with Crippen LogP contribution in [0.25, 0.3) is 5.65 Å². The second kappa shape index (κ2) is 3.26. The van der Waals surface area contributed by atoms with Crippen molar-refractivity contribution < 1.29 is 4.74 Å². The van der Waals surface area contributed by atoms with Crippen LogP contribution in [0.3, 0.4) is 0 Å². The molecule has 0 aliphatic heterocycles. The van der Waals surface area contributed by atoms with E-state index in [2.05, 4.69) is 10.2 Å². The van der Waals surface area contributed by atoms with Gasteiger partial charge in [-0.1, -0.05) is 0 Å². The molecule has 0 amide bonds. The lowest BCUT2D eigenvalue weighted by molar-refractivity contribution is 0.177. The van der Waals surface area contributed by atoms with Crippen molar-refractivity contribution in [3.8, 4) is 0 Å². The van der Waals surface area contributed by atoms with E-state index in [1.54, 1.807) is 7.11 Å². The first-order valence-electron chi connectivity index (χ1n) is 4.31. The van der Waals surface area contributed by atoms with Gasteiger partial charge < -0.3 is 10.5 Å². The van der Waals surface area contributed by atoms with Crippen molar-refractivity contribution >= 4 is 11.3 Å². The highest BCUT2D eigenvalue weighted by Crippen LogP contribution is 2.16. The van der Waals surface area contributed by atoms with Gasteiger partial charge in [0.1, 0.15) is 6.61 Å². The summed E-state index contributed by atoms with van der Waals surface area (Å²) in [4.78, 5) is 0. The van der Waals surface area contributed by atoms with Crippen LogP contribution in [0.2, 0.25) is 0 Å². The molecule has 2 aromatic rings. The summed E-state index contributed by atoms with van der Waals surface area (Å²) in [6, 6.07) is 1.94. The smallest absolute Gasteiger partial charge is 0.184 e. The van der Waals surface area contributed by atoms with Crippen molar-refractivity contribution in [2.24, 2.45) is 0 Å². The van der Waals surface area contributed by atoms with Gasteiger partial charge in [-0.2, -0.15) is 0 Å². The fraction of sp³-hybridized carbons (Fsp3) is 0.333. The molecule has 0 saturated carbocycles. The quantitative estimate of drug-likeness (QED) is 0.763. The average Bonchev–Trinajstić information content (AvgIpc) is 2.57. The second-order valence-electron chi connectivity index (χ2n) is 3.16. The third-order valence-corrected chi connectivity index (χ3v) is 2.18. The van der Waals surface area contributed by atoms with Crippen molar-refractivity contribution in [3.05, 3.63) is 23.7 Å². The Morgan fingerprint density at radius 3 is 3.00 bits per heavy atom. The lowest BCUT2D eigenvalue weighted by Gasteiger charge is -2.02. The van der Waals surface area contributed by atoms with Crippen LogP contribution >= 0.6 is 0 Å². The molecule has 0 unspecified atom stereocenters. The monoisotopic (exact) mass is 192 g/mol. The van der Waals surface area contributed by atoms with Crippen molar-refractivity contribution in [3.63, 3.8) is 0 Å². The van der Waals surface area contributed by atoms with E-state index in [-0.39, 0.29) is 0 Å². The van der Waals surface area contributed by atoms with Crippen molar-refractivity contribution in [1.29, 1.82) is 0 Å². The number of nitrogens with zero attached hydrogens (tertiary/aromatic N) is 3. The van der Waals surface area contributed by atoms with Gasteiger partial charge in [-0.3, -0.25) is 4.40 Å². The number of nitrogens with two attached hydrogens (primary N) is 1. The van der Waals surface area contributed by atoms with Crippen LogP contribution in [0.5, 0.6) is 0 Å². The van der Waals surface area contributed by atoms with Crippen LogP contribution in [0.4, 0.5) is 5.69 Å². The molecule has 2 rings (SSSR count). The summed E-state index contributed by atoms with van der Waals surface area (Å²) in [7, 11) is 1.62. The number of methoxy groups -OCH3 is 1. The van der Waals surface area contributed by atoms with Gasteiger partial charge in [-0.25, -0.2) is 0 Å². The summed E-state index contributed by atoms with van der Waals surface area (Å²) in [5.74, 6) is 0.759. The minimum Gasteiger partial charge on any atom is -0.395 e. The Bertz CT molecular complexity index is 463. The largest absolute Gasteiger partial charge is 0.395 e. The zero-order chi connectivity index (χ0) is 10.1. The average molecular weight is 192 g/mol. The third kappa shape index (κ3) is 1.22. The molecule has 0 aliphatic carbocycles. The zero-order valence-corrected chi connectivity index (χ0v) is 8.19. The first-order valence-corrected chi connectivity index (χ1v) is 4.31. The van der Waals surface area contributed by atoms with Gasteiger partial charge in [-0.05, 0) is 18.6 Å². The van der Waals surface area contributed by atoms with Gasteiger partial charge in [0.25, 0.3) is 0 Å². The highest BCUT2D eigenvalue weighted by molar-refractivity contribution is 5.67. The molecule has 0 atom stereocenters. The summed E-state index contributed by atoms with van der Waals surface area (Å²) in [5.41, 5.74) is 8.23. The van der Waals surface area contributed by atoms with Crippen LogP contribution in [0, 0.1) is 6.92 Å². The van der Waals surface area contributed by atoms with Gasteiger partial charge in [0.2, 0.25) is 0 Å². The Balaban J connectivity index is 2.64. The van der Waals surface area contributed by atoms with Gasteiger partial charge >= 0.3 is 0 Å².